The summed E-state index contributed by atoms with van der Waals surface area (Å²) in [5.41, 5.74) is 2.94. The highest BCUT2D eigenvalue weighted by Gasteiger charge is 2.35. The fraction of sp³-hybridized carbons (Fsp3) is 0.348. The van der Waals surface area contributed by atoms with Crippen LogP contribution >= 0.6 is 0 Å². The van der Waals surface area contributed by atoms with Crippen LogP contribution in [-0.2, 0) is 0 Å². The van der Waals surface area contributed by atoms with Crippen molar-refractivity contribution in [2.45, 2.75) is 39.7 Å². The number of hydrogen-bond donors (Lipinski definition) is 1. The Morgan fingerprint density at radius 1 is 1.10 bits per heavy atom. The minimum atomic E-state index is -0.332. The fourth-order valence-corrected chi connectivity index (χ4v) is 3.50. The van der Waals surface area contributed by atoms with Crippen LogP contribution in [0.25, 0.3) is 0 Å². The molecule has 1 unspecified atom stereocenters. The van der Waals surface area contributed by atoms with Crippen LogP contribution in [-0.4, -0.2) is 36.3 Å². The van der Waals surface area contributed by atoms with E-state index in [0.717, 1.165) is 24.0 Å². The molecule has 3 amide bonds. The Morgan fingerprint density at radius 2 is 1.83 bits per heavy atom. The Labute approximate surface area is 170 Å². The summed E-state index contributed by atoms with van der Waals surface area (Å²) in [4.78, 5) is 39.1. The van der Waals surface area contributed by atoms with Gasteiger partial charge in [-0.2, -0.15) is 0 Å². The van der Waals surface area contributed by atoms with E-state index in [1.807, 2.05) is 39.0 Å². The summed E-state index contributed by atoms with van der Waals surface area (Å²) < 4.78 is 5.40. The third kappa shape index (κ3) is 4.01. The van der Waals surface area contributed by atoms with E-state index in [2.05, 4.69) is 5.32 Å². The SMILES string of the molecule is CCCCN1C(=O)c2ccc(C(=O)NC(C)c3cc(C)ccc3OC)cc2C1=O. The number of hydrogen-bond acceptors (Lipinski definition) is 4. The second kappa shape index (κ2) is 8.47. The van der Waals surface area contributed by atoms with E-state index >= 15 is 0 Å². The number of amides is 3. The van der Waals surface area contributed by atoms with Crippen LogP contribution in [0.1, 0.15) is 74.9 Å². The molecule has 1 atom stereocenters. The topological polar surface area (TPSA) is 75.7 Å². The zero-order valence-electron chi connectivity index (χ0n) is 17.2. The van der Waals surface area contributed by atoms with Crippen LogP contribution < -0.4 is 10.1 Å². The van der Waals surface area contributed by atoms with Crippen LogP contribution in [0.3, 0.4) is 0 Å². The van der Waals surface area contributed by atoms with Crippen molar-refractivity contribution in [2.75, 3.05) is 13.7 Å². The number of benzene rings is 2. The maximum atomic E-state index is 12.8. The second-order valence-corrected chi connectivity index (χ2v) is 7.32. The summed E-state index contributed by atoms with van der Waals surface area (Å²) in [6, 6.07) is 10.2. The predicted octanol–water partition coefficient (Wildman–Crippen LogP) is 3.89. The van der Waals surface area contributed by atoms with Crippen molar-refractivity contribution >= 4 is 17.7 Å². The summed E-state index contributed by atoms with van der Waals surface area (Å²) >= 11 is 0. The highest BCUT2D eigenvalue weighted by molar-refractivity contribution is 6.22. The molecule has 152 valence electrons. The van der Waals surface area contributed by atoms with Gasteiger partial charge in [-0.1, -0.05) is 31.0 Å². The van der Waals surface area contributed by atoms with Crippen LogP contribution in [0.2, 0.25) is 0 Å². The second-order valence-electron chi connectivity index (χ2n) is 7.32. The van der Waals surface area contributed by atoms with Gasteiger partial charge in [-0.3, -0.25) is 19.3 Å². The Balaban J connectivity index is 1.80. The first-order chi connectivity index (χ1) is 13.9. The molecule has 2 aromatic carbocycles. The molecule has 1 aliphatic rings. The van der Waals surface area contributed by atoms with Gasteiger partial charge in [-0.15, -0.1) is 0 Å². The summed E-state index contributed by atoms with van der Waals surface area (Å²) in [5, 5.41) is 2.95. The highest BCUT2D eigenvalue weighted by atomic mass is 16.5. The first-order valence-electron chi connectivity index (χ1n) is 9.83. The van der Waals surface area contributed by atoms with Crippen molar-refractivity contribution in [1.29, 1.82) is 0 Å². The number of methoxy groups -OCH3 is 1. The van der Waals surface area contributed by atoms with Gasteiger partial charge in [0.05, 0.1) is 24.3 Å². The molecule has 1 N–H and O–H groups in total. The summed E-state index contributed by atoms with van der Waals surface area (Å²) in [7, 11) is 1.59. The molecule has 0 aliphatic carbocycles. The lowest BCUT2D eigenvalue weighted by Gasteiger charge is -2.18. The maximum absolute atomic E-state index is 12.8. The normalized spacial score (nSPS) is 14.0. The smallest absolute Gasteiger partial charge is 0.261 e. The Hall–Kier alpha value is -3.15. The van der Waals surface area contributed by atoms with Gasteiger partial charge >= 0.3 is 0 Å². The first kappa shape index (κ1) is 20.6. The van der Waals surface area contributed by atoms with E-state index in [9.17, 15) is 14.4 Å². The number of rotatable bonds is 7. The number of nitrogens with zero attached hydrogens (tertiary/aromatic N) is 1. The molecular weight excluding hydrogens is 368 g/mol. The number of unbranched alkanes of at least 4 members (excludes halogenated alkanes) is 1. The zero-order chi connectivity index (χ0) is 21.1. The molecule has 0 fully saturated rings. The molecule has 2 aromatic rings. The van der Waals surface area contributed by atoms with E-state index in [1.165, 1.54) is 11.0 Å². The third-order valence-corrected chi connectivity index (χ3v) is 5.17. The van der Waals surface area contributed by atoms with E-state index in [1.54, 1.807) is 19.2 Å². The number of aryl methyl sites for hydroxylation is 1. The lowest BCUT2D eigenvalue weighted by Crippen LogP contribution is -2.30. The predicted molar refractivity (Wildman–Crippen MR) is 110 cm³/mol. The van der Waals surface area contributed by atoms with Gasteiger partial charge in [0.15, 0.2) is 0 Å². The molecular formula is C23H26N2O4. The van der Waals surface area contributed by atoms with Crippen molar-refractivity contribution in [3.05, 3.63) is 64.2 Å². The standard InChI is InChI=1S/C23H26N2O4/c1-5-6-11-25-22(27)17-9-8-16(13-19(17)23(25)28)21(26)24-15(3)18-12-14(2)7-10-20(18)29-4/h7-10,12-13,15H,5-6,11H2,1-4H3,(H,24,26). The van der Waals surface area contributed by atoms with Crippen LogP contribution in [0.15, 0.2) is 36.4 Å². The van der Waals surface area contributed by atoms with Crippen molar-refractivity contribution in [1.82, 2.24) is 10.2 Å². The molecule has 1 aliphatic heterocycles. The van der Waals surface area contributed by atoms with E-state index in [0.29, 0.717) is 29.0 Å². The van der Waals surface area contributed by atoms with Gasteiger partial charge in [0, 0.05) is 17.7 Å². The average Bonchev–Trinajstić information content (AvgIpc) is 2.95. The summed E-state index contributed by atoms with van der Waals surface area (Å²) in [6.45, 7) is 6.26. The molecule has 6 heteroatoms. The molecule has 29 heavy (non-hydrogen) atoms. The lowest BCUT2D eigenvalue weighted by molar-refractivity contribution is 0.0652. The average molecular weight is 394 g/mol. The molecule has 3 rings (SSSR count). The lowest BCUT2D eigenvalue weighted by atomic mass is 10.0. The van der Waals surface area contributed by atoms with Crippen molar-refractivity contribution in [3.63, 3.8) is 0 Å². The zero-order valence-corrected chi connectivity index (χ0v) is 17.2. The number of ether oxygens (including phenoxy) is 1. The van der Waals surface area contributed by atoms with Gasteiger partial charge in [-0.05, 0) is 44.5 Å². The Bertz CT molecular complexity index is 967. The number of fused-ring (bicyclic) bond motifs is 1. The molecule has 0 saturated heterocycles. The molecule has 0 bridgehead atoms. The maximum Gasteiger partial charge on any atom is 0.261 e. The Kier molecular flexibility index (Phi) is 6.01. The molecule has 6 nitrogen and oxygen atoms in total. The minimum absolute atomic E-state index is 0.288. The van der Waals surface area contributed by atoms with E-state index in [-0.39, 0.29) is 23.8 Å². The van der Waals surface area contributed by atoms with E-state index in [4.69, 9.17) is 4.74 Å². The van der Waals surface area contributed by atoms with Crippen molar-refractivity contribution in [2.24, 2.45) is 0 Å². The minimum Gasteiger partial charge on any atom is -0.496 e. The van der Waals surface area contributed by atoms with Gasteiger partial charge < -0.3 is 10.1 Å². The van der Waals surface area contributed by atoms with Gasteiger partial charge in [0.1, 0.15) is 5.75 Å². The van der Waals surface area contributed by atoms with Crippen molar-refractivity contribution in [3.8, 4) is 5.75 Å². The number of nitrogens with one attached hydrogen (secondary N) is 1. The first-order valence-corrected chi connectivity index (χ1v) is 9.83. The van der Waals surface area contributed by atoms with Gasteiger partial charge in [0.2, 0.25) is 0 Å². The highest BCUT2D eigenvalue weighted by Crippen LogP contribution is 2.27. The third-order valence-electron chi connectivity index (χ3n) is 5.17. The van der Waals surface area contributed by atoms with Crippen molar-refractivity contribution < 1.29 is 19.1 Å². The number of carbonyl (C=O) groups is 3. The largest absolute Gasteiger partial charge is 0.496 e. The molecule has 0 saturated carbocycles. The van der Waals surface area contributed by atoms with Crippen LogP contribution in [0.4, 0.5) is 0 Å². The monoisotopic (exact) mass is 394 g/mol. The van der Waals surface area contributed by atoms with Gasteiger partial charge in [0.25, 0.3) is 17.7 Å². The molecule has 1 heterocycles. The molecule has 0 radical (unpaired) electrons. The van der Waals surface area contributed by atoms with Gasteiger partial charge in [-0.25, -0.2) is 0 Å². The van der Waals surface area contributed by atoms with Crippen LogP contribution in [0.5, 0.6) is 5.75 Å². The quantitative estimate of drug-likeness (QED) is 0.723. The fourth-order valence-electron chi connectivity index (χ4n) is 3.50. The summed E-state index contributed by atoms with van der Waals surface area (Å²) in [6.07, 6.45) is 1.65. The number of carbonyl (C=O) groups excluding carboxylic acids is 3. The Morgan fingerprint density at radius 3 is 2.52 bits per heavy atom. The summed E-state index contributed by atoms with van der Waals surface area (Å²) in [5.74, 6) is -0.231. The van der Waals surface area contributed by atoms with E-state index < -0.39 is 0 Å². The van der Waals surface area contributed by atoms with Crippen LogP contribution in [0, 0.1) is 6.92 Å². The number of imide groups is 1. The molecule has 0 aromatic heterocycles. The molecule has 0 spiro atoms.